The molecule has 0 aromatic carbocycles. The molecule has 1 fully saturated rings. The van der Waals surface area contributed by atoms with E-state index in [0.717, 1.165) is 48.5 Å². The number of thiazole rings is 1. The van der Waals surface area contributed by atoms with E-state index < -0.39 is 0 Å². The average molecular weight is 483 g/mol. The van der Waals surface area contributed by atoms with Crippen LogP contribution in [-0.4, -0.2) is 59.0 Å². The quantitative estimate of drug-likeness (QED) is 0.586. The van der Waals surface area contributed by atoms with Crippen LogP contribution in [0.15, 0.2) is 17.6 Å². The molecule has 0 unspecified atom stereocenters. The van der Waals surface area contributed by atoms with Gasteiger partial charge in [-0.05, 0) is 14.0 Å². The summed E-state index contributed by atoms with van der Waals surface area (Å²) < 4.78 is 0.450. The number of rotatable bonds is 5. The van der Waals surface area contributed by atoms with E-state index in [9.17, 15) is 4.79 Å². The highest BCUT2D eigenvalue weighted by Gasteiger charge is 2.18. The molecule has 1 aliphatic heterocycles. The van der Waals surface area contributed by atoms with E-state index in [1.54, 1.807) is 11.6 Å². The highest BCUT2D eigenvalue weighted by Crippen LogP contribution is 2.36. The lowest BCUT2D eigenvalue weighted by Crippen LogP contribution is -2.44. The van der Waals surface area contributed by atoms with Crippen LogP contribution in [-0.2, 0) is 6.42 Å². The summed E-state index contributed by atoms with van der Waals surface area (Å²) in [6.45, 7) is 5.82. The van der Waals surface area contributed by atoms with Gasteiger partial charge in [-0.15, -0.1) is 22.7 Å². The number of halogens is 2. The number of amides is 1. The van der Waals surface area contributed by atoms with Crippen molar-refractivity contribution in [3.8, 4) is 0 Å². The zero-order valence-electron chi connectivity index (χ0n) is 16.5. The van der Waals surface area contributed by atoms with Gasteiger partial charge in [0.05, 0.1) is 27.6 Å². The molecule has 1 aliphatic rings. The van der Waals surface area contributed by atoms with Crippen molar-refractivity contribution < 1.29 is 4.79 Å². The first-order valence-corrected chi connectivity index (χ1v) is 11.8. The van der Waals surface area contributed by atoms with E-state index in [-0.39, 0.29) is 5.91 Å². The maximum Gasteiger partial charge on any atom is 0.267 e. The number of aryl methyl sites for hydroxylation is 1. The molecule has 4 heterocycles. The topological polar surface area (TPSA) is 74.2 Å². The Kier molecular flexibility index (Phi) is 6.54. The summed E-state index contributed by atoms with van der Waals surface area (Å²) in [5.41, 5.74) is 1.33. The summed E-state index contributed by atoms with van der Waals surface area (Å²) in [6.07, 6.45) is 2.11. The molecule has 0 radical (unpaired) electrons. The fraction of sp³-hybridized carbons (Fsp3) is 0.368. The molecule has 7 nitrogen and oxygen atoms in total. The fourth-order valence-corrected chi connectivity index (χ4v) is 5.25. The van der Waals surface area contributed by atoms with Crippen LogP contribution in [0.5, 0.6) is 0 Å². The van der Waals surface area contributed by atoms with Crippen molar-refractivity contribution in [1.82, 2.24) is 19.9 Å². The molecule has 158 valence electrons. The number of piperazine rings is 1. The van der Waals surface area contributed by atoms with Gasteiger partial charge in [0.15, 0.2) is 0 Å². The monoisotopic (exact) mass is 482 g/mol. The van der Waals surface area contributed by atoms with Crippen LogP contribution in [0, 0.1) is 6.92 Å². The summed E-state index contributed by atoms with van der Waals surface area (Å²) in [4.78, 5) is 31.2. The standard InChI is InChI=1S/C19H20Cl2N6OS2/c1-11-23-12(7-15(24-11)27-5-3-26(2)4-6-27)8-16-22-9-14(30-16)19(28)25-17-13(20)10-29-18(17)21/h7,9-10H,3-6,8H2,1-2H3,(H,25,28). The van der Waals surface area contributed by atoms with Crippen LogP contribution in [0.4, 0.5) is 11.5 Å². The van der Waals surface area contributed by atoms with Crippen molar-refractivity contribution in [2.45, 2.75) is 13.3 Å². The Balaban J connectivity index is 1.46. The number of nitrogens with zero attached hydrogens (tertiary/aromatic N) is 5. The largest absolute Gasteiger partial charge is 0.354 e. The van der Waals surface area contributed by atoms with Gasteiger partial charge in [-0.25, -0.2) is 15.0 Å². The lowest BCUT2D eigenvalue weighted by Gasteiger charge is -2.33. The van der Waals surface area contributed by atoms with Crippen LogP contribution in [0.2, 0.25) is 9.36 Å². The van der Waals surface area contributed by atoms with Crippen LogP contribution in [0.25, 0.3) is 0 Å². The molecule has 0 spiro atoms. The first-order chi connectivity index (χ1) is 14.4. The molecule has 30 heavy (non-hydrogen) atoms. The number of nitrogens with one attached hydrogen (secondary N) is 1. The zero-order chi connectivity index (χ0) is 21.3. The number of hydrogen-bond acceptors (Lipinski definition) is 8. The van der Waals surface area contributed by atoms with Crippen LogP contribution >= 0.6 is 45.9 Å². The van der Waals surface area contributed by atoms with Gasteiger partial charge in [0, 0.05) is 44.0 Å². The minimum atomic E-state index is -0.280. The highest BCUT2D eigenvalue weighted by atomic mass is 35.5. The Morgan fingerprint density at radius 3 is 2.70 bits per heavy atom. The lowest BCUT2D eigenvalue weighted by molar-refractivity contribution is 0.103. The minimum Gasteiger partial charge on any atom is -0.354 e. The summed E-state index contributed by atoms with van der Waals surface area (Å²) in [5.74, 6) is 1.40. The van der Waals surface area contributed by atoms with Crippen molar-refractivity contribution in [2.24, 2.45) is 0 Å². The smallest absolute Gasteiger partial charge is 0.267 e. The summed E-state index contributed by atoms with van der Waals surface area (Å²) >= 11 is 14.8. The summed E-state index contributed by atoms with van der Waals surface area (Å²) in [6, 6.07) is 2.02. The van der Waals surface area contributed by atoms with Crippen LogP contribution < -0.4 is 10.2 Å². The van der Waals surface area contributed by atoms with Gasteiger partial charge in [0.2, 0.25) is 0 Å². The van der Waals surface area contributed by atoms with Crippen molar-refractivity contribution in [1.29, 1.82) is 0 Å². The molecule has 0 aliphatic carbocycles. The Labute approximate surface area is 192 Å². The third-order valence-corrected chi connectivity index (χ3v) is 7.40. The van der Waals surface area contributed by atoms with Gasteiger partial charge in [-0.3, -0.25) is 4.79 Å². The van der Waals surface area contributed by atoms with Crippen molar-refractivity contribution in [2.75, 3.05) is 43.4 Å². The van der Waals surface area contributed by atoms with Gasteiger partial charge < -0.3 is 15.1 Å². The second-order valence-electron chi connectivity index (χ2n) is 7.04. The number of anilines is 2. The Bertz CT molecular complexity index is 1040. The van der Waals surface area contributed by atoms with Crippen molar-refractivity contribution in [3.05, 3.63) is 48.4 Å². The second-order valence-corrected chi connectivity index (χ2v) is 10.0. The number of carbonyl (C=O) groups is 1. The number of thiophene rings is 1. The molecular formula is C19H20Cl2N6OS2. The fourth-order valence-electron chi connectivity index (χ4n) is 3.15. The molecule has 0 bridgehead atoms. The molecule has 0 atom stereocenters. The maximum atomic E-state index is 12.5. The third kappa shape index (κ3) is 4.92. The van der Waals surface area contributed by atoms with Gasteiger partial charge in [0.1, 0.15) is 20.9 Å². The summed E-state index contributed by atoms with van der Waals surface area (Å²) in [5, 5.41) is 5.68. The normalized spacial score (nSPS) is 14.9. The first kappa shape index (κ1) is 21.5. The Hall–Kier alpha value is -1.78. The number of likely N-dealkylation sites (N-methyl/N-ethyl adjacent to an activating group) is 1. The molecule has 1 amide bonds. The molecule has 3 aromatic heterocycles. The second kappa shape index (κ2) is 9.15. The molecule has 1 N–H and O–H groups in total. The molecule has 4 rings (SSSR count). The minimum absolute atomic E-state index is 0.280. The molecule has 0 saturated carbocycles. The van der Waals surface area contributed by atoms with Gasteiger partial charge in [-0.1, -0.05) is 23.2 Å². The molecular weight excluding hydrogens is 463 g/mol. The first-order valence-electron chi connectivity index (χ1n) is 9.35. The summed E-state index contributed by atoms with van der Waals surface area (Å²) in [7, 11) is 2.13. The Morgan fingerprint density at radius 1 is 1.23 bits per heavy atom. The molecule has 3 aromatic rings. The van der Waals surface area contributed by atoms with Gasteiger partial charge in [-0.2, -0.15) is 0 Å². The third-order valence-electron chi connectivity index (χ3n) is 4.75. The highest BCUT2D eigenvalue weighted by molar-refractivity contribution is 7.16. The van der Waals surface area contributed by atoms with E-state index in [1.165, 1.54) is 22.7 Å². The van der Waals surface area contributed by atoms with Gasteiger partial charge in [0.25, 0.3) is 5.91 Å². The number of carbonyl (C=O) groups excluding carboxylic acids is 1. The zero-order valence-corrected chi connectivity index (χ0v) is 19.6. The number of aromatic nitrogens is 3. The predicted octanol–water partition coefficient (Wildman–Crippen LogP) is 4.20. The van der Waals surface area contributed by atoms with E-state index in [4.69, 9.17) is 23.2 Å². The van der Waals surface area contributed by atoms with Gasteiger partial charge >= 0.3 is 0 Å². The van der Waals surface area contributed by atoms with E-state index >= 15 is 0 Å². The predicted molar refractivity (Wildman–Crippen MR) is 124 cm³/mol. The molecule has 1 saturated heterocycles. The van der Waals surface area contributed by atoms with E-state index in [0.29, 0.717) is 26.3 Å². The SMILES string of the molecule is Cc1nc(Cc2ncc(C(=O)Nc3c(Cl)csc3Cl)s2)cc(N2CCN(C)CC2)n1. The van der Waals surface area contributed by atoms with Crippen molar-refractivity contribution in [3.63, 3.8) is 0 Å². The van der Waals surface area contributed by atoms with E-state index in [2.05, 4.69) is 37.1 Å². The number of hydrogen-bond donors (Lipinski definition) is 1. The average Bonchev–Trinajstić information content (AvgIpc) is 3.30. The van der Waals surface area contributed by atoms with Crippen LogP contribution in [0.3, 0.4) is 0 Å². The Morgan fingerprint density at radius 2 is 2.00 bits per heavy atom. The molecule has 11 heteroatoms. The lowest BCUT2D eigenvalue weighted by atomic mass is 10.2. The van der Waals surface area contributed by atoms with Crippen LogP contribution in [0.1, 0.15) is 26.2 Å². The van der Waals surface area contributed by atoms with E-state index in [1.807, 2.05) is 13.0 Å². The van der Waals surface area contributed by atoms with Crippen molar-refractivity contribution >= 4 is 63.3 Å². The maximum absolute atomic E-state index is 12.5.